The lowest BCUT2D eigenvalue weighted by Crippen LogP contribution is -1.94. The van der Waals surface area contributed by atoms with Gasteiger partial charge in [-0.3, -0.25) is 0 Å². The normalized spacial score (nSPS) is 16.4. The van der Waals surface area contributed by atoms with Crippen LogP contribution in [0.15, 0.2) is 22.9 Å². The van der Waals surface area contributed by atoms with Crippen LogP contribution in [0.1, 0.15) is 18.4 Å². The minimum Gasteiger partial charge on any atom is -0.373 e. The Bertz CT molecular complexity index is 256. The molecule has 0 atom stereocenters. The highest BCUT2D eigenvalue weighted by Crippen LogP contribution is 2.24. The molecule has 0 amide bonds. The van der Waals surface area contributed by atoms with Gasteiger partial charge in [-0.1, -0.05) is 6.07 Å². The molecule has 0 radical (unpaired) electrons. The number of ether oxygens (including phenoxy) is 1. The van der Waals surface area contributed by atoms with Crippen molar-refractivity contribution in [3.05, 3.63) is 28.5 Å². The van der Waals surface area contributed by atoms with Gasteiger partial charge < -0.3 is 4.74 Å². The SMILES string of the molecule is Brc1ccc(COC2CC2)cn1. The Kier molecular flexibility index (Phi) is 2.42. The molecule has 12 heavy (non-hydrogen) atoms. The molecule has 0 aliphatic heterocycles. The maximum Gasteiger partial charge on any atom is 0.106 e. The van der Waals surface area contributed by atoms with Crippen molar-refractivity contribution in [1.82, 2.24) is 4.98 Å². The summed E-state index contributed by atoms with van der Waals surface area (Å²) in [6.07, 6.45) is 4.81. The predicted molar refractivity (Wildman–Crippen MR) is 49.7 cm³/mol. The molecule has 0 N–H and O–H groups in total. The van der Waals surface area contributed by atoms with Crippen molar-refractivity contribution < 1.29 is 4.74 Å². The standard InChI is InChI=1S/C9H10BrNO/c10-9-4-1-7(5-11-9)6-12-8-2-3-8/h1,4-5,8H,2-3,6H2. The van der Waals surface area contributed by atoms with Gasteiger partial charge in [-0.15, -0.1) is 0 Å². The Hall–Kier alpha value is -0.410. The predicted octanol–water partition coefficient (Wildman–Crippen LogP) is 2.52. The van der Waals surface area contributed by atoms with E-state index >= 15 is 0 Å². The first-order chi connectivity index (χ1) is 5.84. The van der Waals surface area contributed by atoms with Crippen molar-refractivity contribution in [2.45, 2.75) is 25.6 Å². The zero-order valence-electron chi connectivity index (χ0n) is 6.66. The van der Waals surface area contributed by atoms with Crippen LogP contribution in [0.5, 0.6) is 0 Å². The number of hydrogen-bond acceptors (Lipinski definition) is 2. The summed E-state index contributed by atoms with van der Waals surface area (Å²) in [5, 5.41) is 0. The van der Waals surface area contributed by atoms with Gasteiger partial charge in [0, 0.05) is 6.20 Å². The van der Waals surface area contributed by atoms with Crippen molar-refractivity contribution in [2.24, 2.45) is 0 Å². The third-order valence-corrected chi connectivity index (χ3v) is 2.27. The van der Waals surface area contributed by atoms with Crippen molar-refractivity contribution in [3.8, 4) is 0 Å². The second kappa shape index (κ2) is 3.54. The molecule has 2 rings (SSSR count). The van der Waals surface area contributed by atoms with E-state index in [4.69, 9.17) is 4.74 Å². The zero-order chi connectivity index (χ0) is 8.39. The fraction of sp³-hybridized carbons (Fsp3) is 0.444. The molecule has 1 aromatic rings. The van der Waals surface area contributed by atoms with Gasteiger partial charge in [-0.25, -0.2) is 4.98 Å². The van der Waals surface area contributed by atoms with Gasteiger partial charge in [0.25, 0.3) is 0 Å². The van der Waals surface area contributed by atoms with Crippen LogP contribution < -0.4 is 0 Å². The van der Waals surface area contributed by atoms with Crippen LogP contribution in [-0.2, 0) is 11.3 Å². The quantitative estimate of drug-likeness (QED) is 0.741. The average Bonchev–Trinajstić information content (AvgIpc) is 2.87. The van der Waals surface area contributed by atoms with Crippen LogP contribution in [0, 0.1) is 0 Å². The Labute approximate surface area is 80.1 Å². The number of halogens is 1. The first-order valence-corrected chi connectivity index (χ1v) is 4.86. The van der Waals surface area contributed by atoms with Gasteiger partial charge >= 0.3 is 0 Å². The van der Waals surface area contributed by atoms with Crippen molar-refractivity contribution >= 4 is 15.9 Å². The fourth-order valence-electron chi connectivity index (χ4n) is 0.941. The summed E-state index contributed by atoms with van der Waals surface area (Å²) in [5.74, 6) is 0. The smallest absolute Gasteiger partial charge is 0.106 e. The van der Waals surface area contributed by atoms with E-state index in [1.54, 1.807) is 0 Å². The molecule has 2 nitrogen and oxygen atoms in total. The van der Waals surface area contributed by atoms with Gasteiger partial charge in [0.05, 0.1) is 12.7 Å². The number of hydrogen-bond donors (Lipinski definition) is 0. The molecule has 1 aliphatic carbocycles. The topological polar surface area (TPSA) is 22.1 Å². The number of pyridine rings is 1. The van der Waals surface area contributed by atoms with Crippen molar-refractivity contribution in [2.75, 3.05) is 0 Å². The van der Waals surface area contributed by atoms with Gasteiger partial charge in [0.15, 0.2) is 0 Å². The minimum atomic E-state index is 0.522. The average molecular weight is 228 g/mol. The maximum atomic E-state index is 5.52. The number of aromatic nitrogens is 1. The lowest BCUT2D eigenvalue weighted by Gasteiger charge is -2.00. The van der Waals surface area contributed by atoms with E-state index in [0.29, 0.717) is 12.7 Å². The van der Waals surface area contributed by atoms with Crippen molar-refractivity contribution in [1.29, 1.82) is 0 Å². The molecule has 3 heteroatoms. The van der Waals surface area contributed by atoms with Crippen LogP contribution in [0.2, 0.25) is 0 Å². The van der Waals surface area contributed by atoms with E-state index in [1.165, 1.54) is 12.8 Å². The van der Waals surface area contributed by atoms with Crippen LogP contribution in [0.3, 0.4) is 0 Å². The summed E-state index contributed by atoms with van der Waals surface area (Å²) in [6.45, 7) is 0.699. The highest BCUT2D eigenvalue weighted by atomic mass is 79.9. The fourth-order valence-corrected chi connectivity index (χ4v) is 1.18. The molecule has 64 valence electrons. The summed E-state index contributed by atoms with van der Waals surface area (Å²) in [5.41, 5.74) is 1.14. The van der Waals surface area contributed by atoms with Gasteiger partial charge in [-0.05, 0) is 40.4 Å². The monoisotopic (exact) mass is 227 g/mol. The Morgan fingerprint density at radius 3 is 2.92 bits per heavy atom. The van der Waals surface area contributed by atoms with Crippen LogP contribution in [0.4, 0.5) is 0 Å². The Morgan fingerprint density at radius 1 is 1.50 bits per heavy atom. The third-order valence-electron chi connectivity index (χ3n) is 1.80. The molecule has 1 saturated carbocycles. The highest BCUT2D eigenvalue weighted by molar-refractivity contribution is 9.10. The molecule has 0 spiro atoms. The highest BCUT2D eigenvalue weighted by Gasteiger charge is 2.21. The van der Waals surface area contributed by atoms with E-state index in [9.17, 15) is 0 Å². The second-order valence-corrected chi connectivity index (χ2v) is 3.81. The van der Waals surface area contributed by atoms with Crippen LogP contribution in [0.25, 0.3) is 0 Å². The lowest BCUT2D eigenvalue weighted by atomic mass is 10.3. The molecule has 0 unspecified atom stereocenters. The Morgan fingerprint density at radius 2 is 2.33 bits per heavy atom. The van der Waals surface area contributed by atoms with Crippen LogP contribution >= 0.6 is 15.9 Å². The molecule has 0 aromatic carbocycles. The molecule has 0 bridgehead atoms. The van der Waals surface area contributed by atoms with E-state index in [1.807, 2.05) is 18.3 Å². The summed E-state index contributed by atoms with van der Waals surface area (Å²) in [6, 6.07) is 3.96. The first-order valence-electron chi connectivity index (χ1n) is 4.06. The third kappa shape index (κ3) is 2.29. The summed E-state index contributed by atoms with van der Waals surface area (Å²) >= 11 is 3.29. The second-order valence-electron chi connectivity index (χ2n) is 3.00. The maximum absolute atomic E-state index is 5.52. The molecule has 1 heterocycles. The molecular formula is C9H10BrNO. The van der Waals surface area contributed by atoms with E-state index in [-0.39, 0.29) is 0 Å². The van der Waals surface area contributed by atoms with Gasteiger partial charge in [-0.2, -0.15) is 0 Å². The molecule has 1 aromatic heterocycles. The summed E-state index contributed by atoms with van der Waals surface area (Å²) < 4.78 is 6.40. The number of rotatable bonds is 3. The first kappa shape index (κ1) is 8.20. The molecule has 1 aliphatic rings. The number of nitrogens with zero attached hydrogens (tertiary/aromatic N) is 1. The summed E-state index contributed by atoms with van der Waals surface area (Å²) in [7, 11) is 0. The molecule has 0 saturated heterocycles. The van der Waals surface area contributed by atoms with Gasteiger partial charge in [0.1, 0.15) is 4.60 Å². The Balaban J connectivity index is 1.89. The van der Waals surface area contributed by atoms with Crippen molar-refractivity contribution in [3.63, 3.8) is 0 Å². The van der Waals surface area contributed by atoms with Gasteiger partial charge in [0.2, 0.25) is 0 Å². The largest absolute Gasteiger partial charge is 0.373 e. The molecule has 1 fully saturated rings. The molecular weight excluding hydrogens is 218 g/mol. The zero-order valence-corrected chi connectivity index (χ0v) is 8.25. The van der Waals surface area contributed by atoms with E-state index < -0.39 is 0 Å². The summed E-state index contributed by atoms with van der Waals surface area (Å²) in [4.78, 5) is 4.11. The van der Waals surface area contributed by atoms with E-state index in [2.05, 4.69) is 20.9 Å². The lowest BCUT2D eigenvalue weighted by molar-refractivity contribution is 0.106. The van der Waals surface area contributed by atoms with Crippen LogP contribution in [-0.4, -0.2) is 11.1 Å². The van der Waals surface area contributed by atoms with E-state index in [0.717, 1.165) is 10.2 Å². The minimum absolute atomic E-state index is 0.522.